The first kappa shape index (κ1) is 14.0. The van der Waals surface area contributed by atoms with E-state index in [9.17, 15) is 4.79 Å². The summed E-state index contributed by atoms with van der Waals surface area (Å²) in [7, 11) is 2.18. The lowest BCUT2D eigenvalue weighted by molar-refractivity contribution is -0.884. The maximum absolute atomic E-state index is 12.0. The molecule has 2 rings (SSSR count). The van der Waals surface area contributed by atoms with Crippen LogP contribution in [0.15, 0.2) is 4.79 Å². The summed E-state index contributed by atoms with van der Waals surface area (Å²) in [5, 5.41) is 10.2. The highest BCUT2D eigenvalue weighted by atomic mass is 16.1. The number of quaternary nitrogens is 1. The number of hydrogen-bond acceptors (Lipinski definition) is 5. The Morgan fingerprint density at radius 3 is 2.42 bits per heavy atom. The number of nitrogens with one attached hydrogen (secondary N) is 3. The minimum absolute atomic E-state index is 0.176. The van der Waals surface area contributed by atoms with Crippen molar-refractivity contribution in [3.8, 4) is 0 Å². The summed E-state index contributed by atoms with van der Waals surface area (Å²) in [5.74, 6) is 0.414. The normalized spacial score (nSPS) is 18.5. The van der Waals surface area contributed by atoms with Gasteiger partial charge in [0.2, 0.25) is 5.95 Å². The van der Waals surface area contributed by atoms with E-state index in [0.717, 1.165) is 26.2 Å². The van der Waals surface area contributed by atoms with Gasteiger partial charge in [0, 0.05) is 5.41 Å². The van der Waals surface area contributed by atoms with Crippen molar-refractivity contribution in [2.45, 2.75) is 26.2 Å². The van der Waals surface area contributed by atoms with Crippen LogP contribution in [0.3, 0.4) is 0 Å². The Balaban J connectivity index is 2.07. The zero-order valence-corrected chi connectivity index (χ0v) is 12.1. The molecule has 1 aliphatic rings. The number of nitrogens with zero attached hydrogens (tertiary/aromatic N) is 3. The van der Waals surface area contributed by atoms with Crippen LogP contribution < -0.4 is 15.9 Å². The molecular formula is C12H23N6O+. The molecule has 19 heavy (non-hydrogen) atoms. The summed E-state index contributed by atoms with van der Waals surface area (Å²) in [6, 6.07) is 0. The van der Waals surface area contributed by atoms with Crippen molar-refractivity contribution in [1.82, 2.24) is 20.2 Å². The number of hydrazine groups is 1. The number of aromatic nitrogens is 3. The van der Waals surface area contributed by atoms with Gasteiger partial charge >= 0.3 is 0 Å². The Hall–Kier alpha value is -1.47. The first-order valence-corrected chi connectivity index (χ1v) is 6.66. The molecule has 1 aromatic rings. The van der Waals surface area contributed by atoms with Crippen molar-refractivity contribution in [3.63, 3.8) is 0 Å². The molecule has 0 saturated carbocycles. The molecule has 1 fully saturated rings. The molecule has 0 aromatic carbocycles. The summed E-state index contributed by atoms with van der Waals surface area (Å²) in [4.78, 5) is 16.2. The lowest BCUT2D eigenvalue weighted by Crippen LogP contribution is -3.12. The molecule has 0 aliphatic carbocycles. The molecule has 2 heterocycles. The van der Waals surface area contributed by atoms with E-state index in [4.69, 9.17) is 0 Å². The van der Waals surface area contributed by atoms with Gasteiger partial charge in [-0.25, -0.2) is 5.01 Å². The van der Waals surface area contributed by atoms with Gasteiger partial charge in [0.1, 0.15) is 5.69 Å². The second kappa shape index (κ2) is 5.26. The molecule has 7 nitrogen and oxygen atoms in total. The molecule has 0 unspecified atom stereocenters. The first-order chi connectivity index (χ1) is 8.86. The minimum atomic E-state index is -0.295. The molecule has 1 aliphatic heterocycles. The molecule has 7 heteroatoms. The predicted octanol–water partition coefficient (Wildman–Crippen LogP) is -1.38. The highest BCUT2D eigenvalue weighted by Crippen LogP contribution is 2.15. The van der Waals surface area contributed by atoms with Crippen LogP contribution >= 0.6 is 0 Å². The van der Waals surface area contributed by atoms with Gasteiger partial charge < -0.3 is 4.90 Å². The Kier molecular flexibility index (Phi) is 3.86. The van der Waals surface area contributed by atoms with Crippen LogP contribution in [0.4, 0.5) is 5.95 Å². The van der Waals surface area contributed by atoms with E-state index in [1.807, 2.05) is 20.8 Å². The molecule has 0 spiro atoms. The van der Waals surface area contributed by atoms with Crippen molar-refractivity contribution in [3.05, 3.63) is 16.0 Å². The van der Waals surface area contributed by atoms with Crippen LogP contribution in [0.1, 0.15) is 26.5 Å². The van der Waals surface area contributed by atoms with Gasteiger partial charge in [-0.2, -0.15) is 0 Å². The number of hydrogen-bond donors (Lipinski definition) is 3. The van der Waals surface area contributed by atoms with Gasteiger partial charge in [-0.05, 0) is 0 Å². The van der Waals surface area contributed by atoms with Crippen molar-refractivity contribution >= 4 is 5.95 Å². The van der Waals surface area contributed by atoms with Gasteiger partial charge in [0.15, 0.2) is 0 Å². The van der Waals surface area contributed by atoms with Crippen molar-refractivity contribution < 1.29 is 4.90 Å². The van der Waals surface area contributed by atoms with Crippen molar-refractivity contribution in [2.24, 2.45) is 0 Å². The number of likely N-dealkylation sites (N-methyl/N-ethyl adjacent to an activating group) is 1. The molecular weight excluding hydrogens is 244 g/mol. The standard InChI is InChI=1S/C12H22N6O/c1-12(2,3)9-10(19)13-11(15-14-9)16-18-7-5-17(4)6-8-18/h5-8H2,1-4H3,(H2,13,15,16,19)/p+1. The fourth-order valence-electron chi connectivity index (χ4n) is 2.03. The second-order valence-corrected chi connectivity index (χ2v) is 6.16. The van der Waals surface area contributed by atoms with E-state index in [-0.39, 0.29) is 11.0 Å². The van der Waals surface area contributed by atoms with E-state index >= 15 is 0 Å². The number of anilines is 1. The number of aromatic amines is 1. The summed E-state index contributed by atoms with van der Waals surface area (Å²) in [6.45, 7) is 9.84. The monoisotopic (exact) mass is 267 g/mol. The highest BCUT2D eigenvalue weighted by Gasteiger charge is 2.21. The van der Waals surface area contributed by atoms with Gasteiger partial charge in [0.05, 0.1) is 33.2 Å². The maximum Gasteiger partial charge on any atom is 0.274 e. The number of rotatable bonds is 2. The van der Waals surface area contributed by atoms with Crippen molar-refractivity contribution in [2.75, 3.05) is 38.7 Å². The van der Waals surface area contributed by atoms with Crippen LogP contribution in [0, 0.1) is 0 Å². The Labute approximate surface area is 113 Å². The van der Waals surface area contributed by atoms with Gasteiger partial charge in [0.25, 0.3) is 5.56 Å². The van der Waals surface area contributed by atoms with E-state index in [1.165, 1.54) is 4.90 Å². The van der Waals surface area contributed by atoms with Crippen LogP contribution in [0.2, 0.25) is 0 Å². The van der Waals surface area contributed by atoms with E-state index in [2.05, 4.69) is 32.7 Å². The number of piperazine rings is 1. The van der Waals surface area contributed by atoms with Gasteiger partial charge in [-0.1, -0.05) is 20.8 Å². The molecule has 106 valence electrons. The summed E-state index contributed by atoms with van der Waals surface area (Å²) in [6.07, 6.45) is 0. The van der Waals surface area contributed by atoms with Gasteiger partial charge in [-0.3, -0.25) is 15.2 Å². The molecule has 1 saturated heterocycles. The fourth-order valence-corrected chi connectivity index (χ4v) is 2.03. The van der Waals surface area contributed by atoms with Crippen LogP contribution in [0.5, 0.6) is 0 Å². The topological polar surface area (TPSA) is 78.3 Å². The lowest BCUT2D eigenvalue weighted by Gasteiger charge is -2.30. The van der Waals surface area contributed by atoms with Crippen LogP contribution in [-0.4, -0.2) is 53.4 Å². The zero-order chi connectivity index (χ0) is 14.0. The predicted molar refractivity (Wildman–Crippen MR) is 73.2 cm³/mol. The smallest absolute Gasteiger partial charge is 0.274 e. The first-order valence-electron chi connectivity index (χ1n) is 6.66. The van der Waals surface area contributed by atoms with Crippen LogP contribution in [0.25, 0.3) is 0 Å². The molecule has 0 amide bonds. The zero-order valence-electron chi connectivity index (χ0n) is 12.1. The molecule has 0 bridgehead atoms. The quantitative estimate of drug-likeness (QED) is 0.615. The third kappa shape index (κ3) is 3.51. The van der Waals surface area contributed by atoms with Crippen LogP contribution in [-0.2, 0) is 5.41 Å². The van der Waals surface area contributed by atoms with E-state index < -0.39 is 0 Å². The Morgan fingerprint density at radius 2 is 1.89 bits per heavy atom. The third-order valence-electron chi connectivity index (χ3n) is 3.29. The fraction of sp³-hybridized carbons (Fsp3) is 0.750. The molecule has 3 N–H and O–H groups in total. The lowest BCUT2D eigenvalue weighted by atomic mass is 9.93. The highest BCUT2D eigenvalue weighted by molar-refractivity contribution is 5.21. The molecule has 1 aromatic heterocycles. The Bertz CT molecular complexity index is 484. The largest absolute Gasteiger partial charge is 0.335 e. The minimum Gasteiger partial charge on any atom is -0.335 e. The molecule has 0 atom stereocenters. The summed E-state index contributed by atoms with van der Waals surface area (Å²) >= 11 is 0. The summed E-state index contributed by atoms with van der Waals surface area (Å²) < 4.78 is 0. The molecule has 0 radical (unpaired) electrons. The third-order valence-corrected chi connectivity index (χ3v) is 3.29. The van der Waals surface area contributed by atoms with E-state index in [0.29, 0.717) is 11.6 Å². The summed E-state index contributed by atoms with van der Waals surface area (Å²) in [5.41, 5.74) is 3.10. The number of H-pyrrole nitrogens is 1. The second-order valence-electron chi connectivity index (χ2n) is 6.16. The van der Waals surface area contributed by atoms with E-state index in [1.54, 1.807) is 0 Å². The SMILES string of the molecule is C[NH+]1CCN(Nc2nnc(C(C)(C)C)c(=O)[nH]2)CC1. The van der Waals surface area contributed by atoms with Gasteiger partial charge in [-0.15, -0.1) is 10.2 Å². The average molecular weight is 267 g/mol. The van der Waals surface area contributed by atoms with Crippen molar-refractivity contribution in [1.29, 1.82) is 0 Å². The average Bonchev–Trinajstić information content (AvgIpc) is 2.30. The Morgan fingerprint density at radius 1 is 1.26 bits per heavy atom. The maximum atomic E-state index is 12.0.